The molecule has 3 amide bonds. The number of aliphatic hydroxyl groups excluding tert-OH is 1. The Morgan fingerprint density at radius 1 is 0.984 bits per heavy atom. The molecule has 0 saturated carbocycles. The van der Waals surface area contributed by atoms with Crippen LogP contribution in [0.3, 0.4) is 0 Å². The Labute approximate surface area is 353 Å². The van der Waals surface area contributed by atoms with Crippen LogP contribution in [-0.2, 0) is 28.5 Å². The van der Waals surface area contributed by atoms with Crippen LogP contribution in [0.25, 0.3) is 10.9 Å². The highest BCUT2D eigenvalue weighted by atomic mass is 19.3. The number of rotatable bonds is 17. The highest BCUT2D eigenvalue weighted by Gasteiger charge is 2.40. The van der Waals surface area contributed by atoms with Crippen LogP contribution in [0, 0.1) is 12.7 Å². The number of anilines is 2. The van der Waals surface area contributed by atoms with E-state index < -0.39 is 36.3 Å². The molecular weight excluding hydrogens is 792 g/mol. The summed E-state index contributed by atoms with van der Waals surface area (Å²) in [6, 6.07) is 9.75. The molecule has 3 aliphatic rings. The van der Waals surface area contributed by atoms with Crippen LogP contribution in [0.4, 0.5) is 24.7 Å². The second kappa shape index (κ2) is 18.6. The average Bonchev–Trinajstić information content (AvgIpc) is 3.56. The molecule has 0 bridgehead atoms. The first-order valence-electron chi connectivity index (χ1n) is 21.0. The second-order valence-corrected chi connectivity index (χ2v) is 16.2. The van der Waals surface area contributed by atoms with Gasteiger partial charge < -0.3 is 29.7 Å². The fourth-order valence-electron chi connectivity index (χ4n) is 8.73. The van der Waals surface area contributed by atoms with Gasteiger partial charge in [-0.3, -0.25) is 24.6 Å². The number of hydrogen-bond acceptors (Lipinski definition) is 11. The van der Waals surface area contributed by atoms with E-state index in [4.69, 9.17) is 19.4 Å². The van der Waals surface area contributed by atoms with Crippen LogP contribution in [-0.4, -0.2) is 102 Å². The molecule has 61 heavy (non-hydrogen) atoms. The minimum absolute atomic E-state index is 0.165. The van der Waals surface area contributed by atoms with Crippen molar-refractivity contribution in [1.82, 2.24) is 25.1 Å². The zero-order chi connectivity index (χ0) is 43.4. The van der Waals surface area contributed by atoms with Gasteiger partial charge in [0, 0.05) is 67.3 Å². The van der Waals surface area contributed by atoms with E-state index in [9.17, 15) is 28.3 Å². The molecule has 0 spiro atoms. The van der Waals surface area contributed by atoms with E-state index in [2.05, 4.69) is 15.5 Å². The first kappa shape index (κ1) is 43.6. The average molecular weight is 846 g/mol. The first-order valence-corrected chi connectivity index (χ1v) is 21.0. The molecule has 1 aromatic heterocycles. The Morgan fingerprint density at radius 2 is 1.74 bits per heavy atom. The molecule has 7 rings (SSSR count). The predicted molar refractivity (Wildman–Crippen MR) is 225 cm³/mol. The summed E-state index contributed by atoms with van der Waals surface area (Å²) in [5.41, 5.74) is 3.45. The third-order valence-electron chi connectivity index (χ3n) is 12.1. The SMILES string of the molecule is COc1cc2c(N[C@H](C)c3cccc(C(F)(F)CO)c3)nc(C)nc2c(CCCCCCCN2CCN(c3cc4c(cc3F)C(=O)N(C3CCC(=O)NC3=O)C4)CC2)c1OC. The van der Waals surface area contributed by atoms with Gasteiger partial charge in [0.15, 0.2) is 11.5 Å². The molecule has 13 nitrogen and oxygen atoms in total. The fraction of sp³-hybridized carbons (Fsp3) is 0.489. The number of unbranched alkanes of at least 4 members (excludes halogenated alkanes) is 4. The molecule has 2 saturated heterocycles. The van der Waals surface area contributed by atoms with Crippen molar-refractivity contribution in [3.63, 3.8) is 0 Å². The molecule has 0 radical (unpaired) electrons. The Bertz CT molecular complexity index is 2290. The molecule has 4 heterocycles. The summed E-state index contributed by atoms with van der Waals surface area (Å²) < 4.78 is 55.6. The van der Waals surface area contributed by atoms with E-state index >= 15 is 4.39 Å². The first-order chi connectivity index (χ1) is 29.3. The number of aromatic nitrogens is 2. The summed E-state index contributed by atoms with van der Waals surface area (Å²) in [5.74, 6) is -2.77. The van der Waals surface area contributed by atoms with E-state index in [0.29, 0.717) is 59.5 Å². The number of methoxy groups -OCH3 is 2. The standard InChI is InChI=1S/C45H54F3N7O6/c1-27(29-11-10-12-31(21-29)45(47,48)26-56)49-42-34-24-38(60-3)41(61-4)32(40(34)50-28(2)51-42)13-8-6-5-7-9-16-53-17-19-54(20-18-53)37-22-30-25-55(44(59)33(30)23-35(37)46)36-14-15-39(57)52-43(36)58/h10-12,21-24,27,36,56H,5-9,13-20,25-26H2,1-4H3,(H,49,50,51)(H,52,57,58)/t27-,36?/m1/s1. The van der Waals surface area contributed by atoms with Gasteiger partial charge in [0.1, 0.15) is 30.1 Å². The number of fused-ring (bicyclic) bond motifs is 2. The number of aryl methyl sites for hydroxylation is 2. The van der Waals surface area contributed by atoms with E-state index in [0.717, 1.165) is 68.2 Å². The number of piperidine rings is 1. The molecule has 3 aromatic carbocycles. The van der Waals surface area contributed by atoms with E-state index in [1.54, 1.807) is 32.4 Å². The summed E-state index contributed by atoms with van der Waals surface area (Å²) in [7, 11) is 3.19. The van der Waals surface area contributed by atoms with Gasteiger partial charge in [-0.05, 0) is 81.5 Å². The van der Waals surface area contributed by atoms with Crippen LogP contribution >= 0.6 is 0 Å². The molecular formula is C45H54F3N7O6. The molecule has 1 unspecified atom stereocenters. The van der Waals surface area contributed by atoms with Gasteiger partial charge in [0.25, 0.3) is 11.8 Å². The summed E-state index contributed by atoms with van der Waals surface area (Å²) in [5, 5.41) is 15.6. The van der Waals surface area contributed by atoms with E-state index in [1.807, 2.05) is 24.8 Å². The molecule has 3 aliphatic heterocycles. The number of imide groups is 1. The maximum Gasteiger partial charge on any atom is 0.295 e. The number of hydrogen-bond donors (Lipinski definition) is 3. The van der Waals surface area contributed by atoms with Crippen molar-refractivity contribution >= 4 is 40.1 Å². The Hall–Kier alpha value is -5.48. The number of aliphatic hydroxyl groups is 1. The van der Waals surface area contributed by atoms with Crippen molar-refractivity contribution in [1.29, 1.82) is 0 Å². The maximum atomic E-state index is 15.4. The van der Waals surface area contributed by atoms with Gasteiger partial charge in [-0.25, -0.2) is 14.4 Å². The Kier molecular flexibility index (Phi) is 13.3. The van der Waals surface area contributed by atoms with Crippen molar-refractivity contribution in [2.75, 3.05) is 63.8 Å². The smallest absolute Gasteiger partial charge is 0.295 e. The molecule has 2 atom stereocenters. The largest absolute Gasteiger partial charge is 0.493 e. The summed E-state index contributed by atoms with van der Waals surface area (Å²) in [6.45, 7) is 6.47. The monoisotopic (exact) mass is 845 g/mol. The Balaban J connectivity index is 0.904. The number of nitrogens with zero attached hydrogens (tertiary/aromatic N) is 5. The minimum Gasteiger partial charge on any atom is -0.493 e. The van der Waals surface area contributed by atoms with Gasteiger partial charge in [-0.1, -0.05) is 37.5 Å². The highest BCUT2D eigenvalue weighted by molar-refractivity contribution is 6.05. The van der Waals surface area contributed by atoms with Crippen LogP contribution in [0.1, 0.15) is 96.3 Å². The zero-order valence-corrected chi connectivity index (χ0v) is 35.2. The fourth-order valence-corrected chi connectivity index (χ4v) is 8.73. The van der Waals surface area contributed by atoms with Crippen molar-refractivity contribution in [3.05, 3.63) is 81.9 Å². The van der Waals surface area contributed by atoms with Gasteiger partial charge >= 0.3 is 0 Å². The van der Waals surface area contributed by atoms with Gasteiger partial charge in [-0.2, -0.15) is 8.78 Å². The van der Waals surface area contributed by atoms with Crippen LogP contribution in [0.15, 0.2) is 42.5 Å². The summed E-state index contributed by atoms with van der Waals surface area (Å²) >= 11 is 0. The number of alkyl halides is 2. The molecule has 326 valence electrons. The van der Waals surface area contributed by atoms with Crippen molar-refractivity contribution in [3.8, 4) is 11.5 Å². The van der Waals surface area contributed by atoms with Crippen molar-refractivity contribution in [2.45, 2.75) is 89.8 Å². The number of nitrogens with one attached hydrogen (secondary N) is 2. The lowest BCUT2D eigenvalue weighted by Gasteiger charge is -2.36. The Morgan fingerprint density at radius 3 is 2.46 bits per heavy atom. The third kappa shape index (κ3) is 9.39. The second-order valence-electron chi connectivity index (χ2n) is 16.2. The predicted octanol–water partition coefficient (Wildman–Crippen LogP) is 6.43. The van der Waals surface area contributed by atoms with Gasteiger partial charge in [-0.15, -0.1) is 0 Å². The highest BCUT2D eigenvalue weighted by Crippen LogP contribution is 2.41. The summed E-state index contributed by atoms with van der Waals surface area (Å²) in [6.07, 6.45) is 6.17. The number of carbonyl (C=O) groups is 3. The number of ether oxygens (including phenoxy) is 2. The maximum absolute atomic E-state index is 15.4. The molecule has 4 aromatic rings. The number of benzene rings is 3. The van der Waals surface area contributed by atoms with Crippen LogP contribution in [0.5, 0.6) is 11.5 Å². The minimum atomic E-state index is -3.35. The number of amides is 3. The van der Waals surface area contributed by atoms with E-state index in [-0.39, 0.29) is 42.3 Å². The number of piperazine rings is 1. The molecule has 0 aliphatic carbocycles. The van der Waals surface area contributed by atoms with Gasteiger partial charge in [0.2, 0.25) is 11.8 Å². The topological polar surface area (TPSA) is 149 Å². The summed E-state index contributed by atoms with van der Waals surface area (Å²) in [4.78, 5) is 52.6. The third-order valence-corrected chi connectivity index (χ3v) is 12.1. The molecule has 2 fully saturated rings. The lowest BCUT2D eigenvalue weighted by molar-refractivity contribution is -0.136. The zero-order valence-electron chi connectivity index (χ0n) is 35.2. The normalized spacial score (nSPS) is 17.8. The lowest BCUT2D eigenvalue weighted by Crippen LogP contribution is -2.52. The van der Waals surface area contributed by atoms with E-state index in [1.165, 1.54) is 23.1 Å². The number of halogens is 3. The lowest BCUT2D eigenvalue weighted by atomic mass is 9.99. The quantitative estimate of drug-likeness (QED) is 0.0798. The van der Waals surface area contributed by atoms with Crippen LogP contribution in [0.2, 0.25) is 0 Å². The molecule has 3 N–H and O–H groups in total. The van der Waals surface area contributed by atoms with Crippen LogP contribution < -0.4 is 25.0 Å². The van der Waals surface area contributed by atoms with Crippen molar-refractivity contribution in [2.24, 2.45) is 0 Å². The van der Waals surface area contributed by atoms with Crippen molar-refractivity contribution < 1.29 is 42.1 Å². The number of carbonyl (C=O) groups excluding carboxylic acids is 3. The molecule has 16 heteroatoms. The van der Waals surface area contributed by atoms with Gasteiger partial charge in [0.05, 0.1) is 25.4 Å².